The Morgan fingerprint density at radius 2 is 1.81 bits per heavy atom. The van der Waals surface area contributed by atoms with Gasteiger partial charge in [0.25, 0.3) is 0 Å². The second-order valence-electron chi connectivity index (χ2n) is 6.50. The molecule has 0 atom stereocenters. The third-order valence-electron chi connectivity index (χ3n) is 4.84. The zero-order chi connectivity index (χ0) is 18.1. The van der Waals surface area contributed by atoms with Crippen molar-refractivity contribution in [2.24, 2.45) is 0 Å². The van der Waals surface area contributed by atoms with Gasteiger partial charge in [0, 0.05) is 24.5 Å². The van der Waals surface area contributed by atoms with Crippen molar-refractivity contribution in [2.45, 2.75) is 18.9 Å². The van der Waals surface area contributed by atoms with Crippen LogP contribution >= 0.6 is 23.2 Å². The molecule has 4 nitrogen and oxygen atoms in total. The maximum absolute atomic E-state index is 12.4. The third kappa shape index (κ3) is 3.27. The first kappa shape index (κ1) is 17.3. The number of aromatic nitrogens is 1. The van der Waals surface area contributed by atoms with Crippen LogP contribution in [0.15, 0.2) is 48.7 Å². The number of pyridine rings is 1. The van der Waals surface area contributed by atoms with Crippen LogP contribution in [0.5, 0.6) is 5.75 Å². The van der Waals surface area contributed by atoms with Gasteiger partial charge >= 0.3 is 0 Å². The standard InChI is InChI=1S/C20H18Cl2N3O/c21-15-5-3-7-17(19(15)22)24-13-8-10-25(11-9-13)20-14-4-1-2-6-16(14)23-12-18(20)26/h1-7,12-13,24H,8-11H2. The van der Waals surface area contributed by atoms with E-state index in [1.807, 2.05) is 36.4 Å². The van der Waals surface area contributed by atoms with Gasteiger partial charge in [0.1, 0.15) is 0 Å². The lowest BCUT2D eigenvalue weighted by Crippen LogP contribution is -2.39. The molecule has 1 aliphatic rings. The van der Waals surface area contributed by atoms with E-state index in [9.17, 15) is 5.11 Å². The number of rotatable bonds is 3. The molecular formula is C20H18Cl2N3O. The van der Waals surface area contributed by atoms with Gasteiger partial charge in [-0.2, -0.15) is 0 Å². The van der Waals surface area contributed by atoms with Gasteiger partial charge in [-0.1, -0.05) is 47.5 Å². The summed E-state index contributed by atoms with van der Waals surface area (Å²) in [5.41, 5.74) is 2.47. The normalized spacial score (nSPS) is 15.4. The predicted molar refractivity (Wildman–Crippen MR) is 107 cm³/mol. The summed E-state index contributed by atoms with van der Waals surface area (Å²) < 4.78 is 0. The number of para-hydroxylation sites is 1. The number of nitrogens with zero attached hydrogens (tertiary/aromatic N) is 2. The van der Waals surface area contributed by atoms with Gasteiger partial charge < -0.3 is 10.2 Å². The molecule has 1 N–H and O–H groups in total. The van der Waals surface area contributed by atoms with Crippen molar-refractivity contribution < 1.29 is 5.11 Å². The Kier molecular flexibility index (Phi) is 4.79. The first-order valence-corrected chi connectivity index (χ1v) is 9.39. The Morgan fingerprint density at radius 3 is 2.62 bits per heavy atom. The van der Waals surface area contributed by atoms with Gasteiger partial charge in [-0.05, 0) is 31.0 Å². The van der Waals surface area contributed by atoms with Crippen molar-refractivity contribution >= 4 is 45.5 Å². The fraction of sp³-hybridized carbons (Fsp3) is 0.250. The molecule has 26 heavy (non-hydrogen) atoms. The summed E-state index contributed by atoms with van der Waals surface area (Å²) >= 11 is 12.4. The van der Waals surface area contributed by atoms with Crippen LogP contribution in [0.25, 0.3) is 10.9 Å². The van der Waals surface area contributed by atoms with Crippen molar-refractivity contribution in [1.82, 2.24) is 4.98 Å². The summed E-state index contributed by atoms with van der Waals surface area (Å²) in [5, 5.41) is 17.9. The second-order valence-corrected chi connectivity index (χ2v) is 7.28. The average molecular weight is 387 g/mol. The Labute approximate surface area is 162 Å². The first-order valence-electron chi connectivity index (χ1n) is 8.64. The lowest BCUT2D eigenvalue weighted by Gasteiger charge is -2.35. The van der Waals surface area contributed by atoms with Crippen LogP contribution in [-0.2, 0) is 5.11 Å². The third-order valence-corrected chi connectivity index (χ3v) is 5.65. The molecule has 4 rings (SSSR count). The van der Waals surface area contributed by atoms with Crippen LogP contribution in [-0.4, -0.2) is 24.1 Å². The Balaban J connectivity index is 1.51. The molecule has 0 unspecified atom stereocenters. The van der Waals surface area contributed by atoms with Gasteiger partial charge in [-0.15, -0.1) is 0 Å². The summed E-state index contributed by atoms with van der Waals surface area (Å²) in [6.07, 6.45) is 3.26. The number of nitrogens with one attached hydrogen (secondary N) is 1. The summed E-state index contributed by atoms with van der Waals surface area (Å²) in [6.45, 7) is 1.61. The van der Waals surface area contributed by atoms with E-state index < -0.39 is 0 Å². The Hall–Kier alpha value is -2.17. The molecule has 0 saturated carbocycles. The second kappa shape index (κ2) is 7.22. The smallest absolute Gasteiger partial charge is 0.220 e. The summed E-state index contributed by atoms with van der Waals surface area (Å²) in [5.74, 6) is -0.0204. The van der Waals surface area contributed by atoms with Gasteiger partial charge in [0.2, 0.25) is 5.75 Å². The molecule has 1 saturated heterocycles. The monoisotopic (exact) mass is 386 g/mol. The number of hydrogen-bond donors (Lipinski definition) is 1. The van der Waals surface area contributed by atoms with E-state index >= 15 is 0 Å². The molecule has 1 aliphatic heterocycles. The number of fused-ring (bicyclic) bond motifs is 1. The zero-order valence-electron chi connectivity index (χ0n) is 14.1. The van der Waals surface area contributed by atoms with Crippen LogP contribution in [0.1, 0.15) is 12.8 Å². The van der Waals surface area contributed by atoms with E-state index in [1.54, 1.807) is 6.07 Å². The molecule has 0 bridgehead atoms. The van der Waals surface area contributed by atoms with E-state index in [0.717, 1.165) is 48.2 Å². The molecule has 1 fully saturated rings. The van der Waals surface area contributed by atoms with Gasteiger partial charge in [0.05, 0.1) is 33.1 Å². The molecule has 1 aromatic heterocycles. The van der Waals surface area contributed by atoms with Crippen LogP contribution < -0.4 is 10.2 Å². The van der Waals surface area contributed by atoms with Crippen LogP contribution in [0, 0.1) is 0 Å². The Morgan fingerprint density at radius 1 is 1.04 bits per heavy atom. The fourth-order valence-electron chi connectivity index (χ4n) is 3.52. The topological polar surface area (TPSA) is 48.1 Å². The summed E-state index contributed by atoms with van der Waals surface area (Å²) in [4.78, 5) is 6.42. The van der Waals surface area contributed by atoms with Gasteiger partial charge in [0.15, 0.2) is 0 Å². The minimum absolute atomic E-state index is 0.0204. The highest BCUT2D eigenvalue weighted by Gasteiger charge is 2.24. The fourth-order valence-corrected chi connectivity index (χ4v) is 3.87. The highest BCUT2D eigenvalue weighted by molar-refractivity contribution is 6.43. The van der Waals surface area contributed by atoms with Gasteiger partial charge in [-0.3, -0.25) is 10.1 Å². The Bertz CT molecular complexity index is 939. The van der Waals surface area contributed by atoms with Gasteiger partial charge in [-0.25, -0.2) is 0 Å². The first-order chi connectivity index (χ1) is 12.6. The maximum atomic E-state index is 12.4. The highest BCUT2D eigenvalue weighted by Crippen LogP contribution is 2.37. The van der Waals surface area contributed by atoms with Crippen molar-refractivity contribution in [2.75, 3.05) is 23.3 Å². The van der Waals surface area contributed by atoms with Crippen molar-refractivity contribution in [3.05, 3.63) is 58.7 Å². The molecule has 0 spiro atoms. The van der Waals surface area contributed by atoms with E-state index in [0.29, 0.717) is 16.1 Å². The minimum atomic E-state index is -0.0204. The number of benzene rings is 2. The molecule has 133 valence electrons. The molecule has 6 heteroatoms. The van der Waals surface area contributed by atoms with Crippen LogP contribution in [0.2, 0.25) is 10.0 Å². The van der Waals surface area contributed by atoms with Crippen molar-refractivity contribution in [3.63, 3.8) is 0 Å². The SMILES string of the molecule is [O]c1cnc2ccccc2c1N1CCC(Nc2cccc(Cl)c2Cl)CC1. The lowest BCUT2D eigenvalue weighted by atomic mass is 10.0. The molecule has 1 radical (unpaired) electrons. The lowest BCUT2D eigenvalue weighted by molar-refractivity contribution is 0.352. The number of halogens is 2. The predicted octanol–water partition coefficient (Wildman–Crippen LogP) is 5.77. The quantitative estimate of drug-likeness (QED) is 0.621. The maximum Gasteiger partial charge on any atom is 0.220 e. The van der Waals surface area contributed by atoms with E-state index in [1.165, 1.54) is 6.20 Å². The van der Waals surface area contributed by atoms with E-state index in [4.69, 9.17) is 23.2 Å². The molecule has 2 aromatic carbocycles. The molecule has 0 aliphatic carbocycles. The molecular weight excluding hydrogens is 369 g/mol. The number of piperidine rings is 1. The largest absolute Gasteiger partial charge is 0.381 e. The van der Waals surface area contributed by atoms with Crippen LogP contribution in [0.4, 0.5) is 11.4 Å². The summed E-state index contributed by atoms with van der Waals surface area (Å²) in [7, 11) is 0. The van der Waals surface area contributed by atoms with Crippen molar-refractivity contribution in [1.29, 1.82) is 0 Å². The number of anilines is 2. The van der Waals surface area contributed by atoms with Crippen LogP contribution in [0.3, 0.4) is 0 Å². The molecule has 2 heterocycles. The number of hydrogen-bond acceptors (Lipinski definition) is 3. The average Bonchev–Trinajstić information content (AvgIpc) is 2.66. The molecule has 0 amide bonds. The van der Waals surface area contributed by atoms with Crippen molar-refractivity contribution in [3.8, 4) is 5.75 Å². The zero-order valence-corrected chi connectivity index (χ0v) is 15.6. The highest BCUT2D eigenvalue weighted by atomic mass is 35.5. The molecule has 3 aromatic rings. The van der Waals surface area contributed by atoms with E-state index in [-0.39, 0.29) is 5.75 Å². The summed E-state index contributed by atoms with van der Waals surface area (Å²) in [6, 6.07) is 13.7. The minimum Gasteiger partial charge on any atom is -0.381 e. The van der Waals surface area contributed by atoms with E-state index in [2.05, 4.69) is 15.2 Å².